The fraction of sp³-hybridized carbons (Fsp3) is 0.364. The Morgan fingerprint density at radius 3 is 3.00 bits per heavy atom. The summed E-state index contributed by atoms with van der Waals surface area (Å²) in [4.78, 5) is 0. The number of hydrogen-bond donors (Lipinski definition) is 1. The Bertz CT molecular complexity index is 468. The molecule has 2 aromatic rings. The van der Waals surface area contributed by atoms with Crippen LogP contribution >= 0.6 is 0 Å². The number of benzene rings is 1. The third-order valence-electron chi connectivity index (χ3n) is 3.05. The Labute approximate surface area is 82.7 Å². The lowest BCUT2D eigenvalue weighted by Crippen LogP contribution is -2.39. The second kappa shape index (κ2) is 2.82. The second-order valence-corrected chi connectivity index (χ2v) is 3.90. The molecule has 0 amide bonds. The van der Waals surface area contributed by atoms with Crippen LogP contribution < -0.4 is 5.32 Å². The first-order chi connectivity index (χ1) is 6.86. The maximum atomic E-state index is 4.29. The summed E-state index contributed by atoms with van der Waals surface area (Å²) in [5, 5.41) is 8.90. The van der Waals surface area contributed by atoms with E-state index in [0.29, 0.717) is 5.92 Å². The zero-order chi connectivity index (χ0) is 9.54. The van der Waals surface area contributed by atoms with Gasteiger partial charge in [0.05, 0.1) is 11.7 Å². The van der Waals surface area contributed by atoms with Crippen molar-refractivity contribution in [2.45, 2.75) is 5.92 Å². The molecule has 14 heavy (non-hydrogen) atoms. The van der Waals surface area contributed by atoms with Gasteiger partial charge in [-0.1, -0.05) is 12.1 Å². The van der Waals surface area contributed by atoms with Gasteiger partial charge in [-0.25, -0.2) is 0 Å². The highest BCUT2D eigenvalue weighted by Crippen LogP contribution is 2.27. The normalized spacial score (nSPS) is 17.2. The summed E-state index contributed by atoms with van der Waals surface area (Å²) >= 11 is 0. The van der Waals surface area contributed by atoms with Crippen molar-refractivity contribution in [2.24, 2.45) is 7.05 Å². The minimum atomic E-state index is 0.683. The van der Waals surface area contributed by atoms with Crippen LogP contribution in [0.15, 0.2) is 24.4 Å². The number of hydrogen-bond acceptors (Lipinski definition) is 2. The van der Waals surface area contributed by atoms with Crippen molar-refractivity contribution in [3.05, 3.63) is 30.0 Å². The fourth-order valence-electron chi connectivity index (χ4n) is 2.06. The molecule has 0 unspecified atom stereocenters. The average Bonchev–Trinajstić information content (AvgIpc) is 2.47. The van der Waals surface area contributed by atoms with Gasteiger partial charge in [0, 0.05) is 31.4 Å². The number of nitrogens with one attached hydrogen (secondary N) is 1. The van der Waals surface area contributed by atoms with Crippen LogP contribution in [0.25, 0.3) is 10.9 Å². The van der Waals surface area contributed by atoms with Crippen LogP contribution in [0, 0.1) is 0 Å². The summed E-state index contributed by atoms with van der Waals surface area (Å²) in [6.45, 7) is 2.21. The zero-order valence-electron chi connectivity index (χ0n) is 8.20. The van der Waals surface area contributed by atoms with E-state index in [-0.39, 0.29) is 0 Å². The molecular formula is C11H13N3. The van der Waals surface area contributed by atoms with Gasteiger partial charge in [-0.3, -0.25) is 4.68 Å². The first-order valence-electron chi connectivity index (χ1n) is 4.97. The summed E-state index contributed by atoms with van der Waals surface area (Å²) in [5.74, 6) is 0.683. The molecule has 1 aliphatic rings. The van der Waals surface area contributed by atoms with Crippen LogP contribution in [0.3, 0.4) is 0 Å². The lowest BCUT2D eigenvalue weighted by Gasteiger charge is -2.27. The van der Waals surface area contributed by atoms with Gasteiger partial charge in [0.2, 0.25) is 0 Å². The Hall–Kier alpha value is -1.35. The molecule has 1 aliphatic heterocycles. The molecule has 0 bridgehead atoms. The molecule has 1 N–H and O–H groups in total. The molecule has 1 aromatic heterocycles. The standard InChI is InChI=1S/C11H13N3/c1-14-11-4-2-3-9(8-5-12-6-8)10(11)7-13-14/h2-4,7-8,12H,5-6H2,1H3. The molecule has 1 aromatic carbocycles. The van der Waals surface area contributed by atoms with E-state index >= 15 is 0 Å². The molecule has 3 nitrogen and oxygen atoms in total. The minimum Gasteiger partial charge on any atom is -0.315 e. The quantitative estimate of drug-likeness (QED) is 0.728. The average molecular weight is 187 g/mol. The zero-order valence-corrected chi connectivity index (χ0v) is 8.20. The maximum Gasteiger partial charge on any atom is 0.0681 e. The summed E-state index contributed by atoms with van der Waals surface area (Å²) in [6.07, 6.45) is 1.98. The van der Waals surface area contributed by atoms with Crippen molar-refractivity contribution in [3.8, 4) is 0 Å². The lowest BCUT2D eigenvalue weighted by atomic mass is 9.91. The molecule has 3 heteroatoms. The third kappa shape index (κ3) is 0.990. The summed E-state index contributed by atoms with van der Waals surface area (Å²) in [6, 6.07) is 6.46. The third-order valence-corrected chi connectivity index (χ3v) is 3.05. The summed E-state index contributed by atoms with van der Waals surface area (Å²) in [7, 11) is 1.99. The van der Waals surface area contributed by atoms with Gasteiger partial charge in [-0.15, -0.1) is 0 Å². The van der Waals surface area contributed by atoms with E-state index in [1.165, 1.54) is 16.5 Å². The monoisotopic (exact) mass is 187 g/mol. The number of fused-ring (bicyclic) bond motifs is 1. The SMILES string of the molecule is Cn1ncc2c(C3CNC3)cccc21. The first kappa shape index (κ1) is 8.00. The van der Waals surface area contributed by atoms with E-state index in [2.05, 4.69) is 28.6 Å². The number of aromatic nitrogens is 2. The Balaban J connectivity index is 2.22. The van der Waals surface area contributed by atoms with Crippen molar-refractivity contribution >= 4 is 10.9 Å². The highest BCUT2D eigenvalue weighted by molar-refractivity contribution is 5.83. The van der Waals surface area contributed by atoms with Crippen LogP contribution in [-0.4, -0.2) is 22.9 Å². The van der Waals surface area contributed by atoms with Crippen molar-refractivity contribution < 1.29 is 0 Å². The van der Waals surface area contributed by atoms with Crippen LogP contribution in [-0.2, 0) is 7.05 Å². The molecule has 0 saturated carbocycles. The molecular weight excluding hydrogens is 174 g/mol. The Morgan fingerprint density at radius 1 is 1.43 bits per heavy atom. The van der Waals surface area contributed by atoms with Crippen molar-refractivity contribution in [3.63, 3.8) is 0 Å². The van der Waals surface area contributed by atoms with Crippen molar-refractivity contribution in [1.82, 2.24) is 15.1 Å². The van der Waals surface area contributed by atoms with Gasteiger partial charge in [0.15, 0.2) is 0 Å². The van der Waals surface area contributed by atoms with E-state index in [9.17, 15) is 0 Å². The van der Waals surface area contributed by atoms with Crippen LogP contribution in [0.4, 0.5) is 0 Å². The lowest BCUT2D eigenvalue weighted by molar-refractivity contribution is 0.451. The summed E-state index contributed by atoms with van der Waals surface area (Å²) in [5.41, 5.74) is 2.67. The molecule has 0 radical (unpaired) electrons. The predicted octanol–water partition coefficient (Wildman–Crippen LogP) is 1.26. The van der Waals surface area contributed by atoms with E-state index in [1.807, 2.05) is 17.9 Å². The van der Waals surface area contributed by atoms with Gasteiger partial charge in [0.1, 0.15) is 0 Å². The van der Waals surface area contributed by atoms with E-state index in [1.54, 1.807) is 0 Å². The number of aryl methyl sites for hydroxylation is 1. The van der Waals surface area contributed by atoms with Crippen LogP contribution in [0.2, 0.25) is 0 Å². The number of rotatable bonds is 1. The number of nitrogens with zero attached hydrogens (tertiary/aromatic N) is 2. The van der Waals surface area contributed by atoms with Gasteiger partial charge in [-0.2, -0.15) is 5.10 Å². The van der Waals surface area contributed by atoms with Gasteiger partial charge in [0.25, 0.3) is 0 Å². The molecule has 72 valence electrons. The molecule has 1 fully saturated rings. The van der Waals surface area contributed by atoms with Crippen molar-refractivity contribution in [1.29, 1.82) is 0 Å². The Kier molecular flexibility index (Phi) is 1.61. The van der Waals surface area contributed by atoms with Crippen molar-refractivity contribution in [2.75, 3.05) is 13.1 Å². The minimum absolute atomic E-state index is 0.683. The van der Waals surface area contributed by atoms with Gasteiger partial charge in [-0.05, 0) is 11.6 Å². The molecule has 3 rings (SSSR count). The molecule has 0 spiro atoms. The topological polar surface area (TPSA) is 29.9 Å². The fourth-order valence-corrected chi connectivity index (χ4v) is 2.06. The molecule has 0 aliphatic carbocycles. The molecule has 0 atom stereocenters. The molecule has 2 heterocycles. The van der Waals surface area contributed by atoms with Crippen LogP contribution in [0.1, 0.15) is 11.5 Å². The smallest absolute Gasteiger partial charge is 0.0681 e. The van der Waals surface area contributed by atoms with Crippen LogP contribution in [0.5, 0.6) is 0 Å². The summed E-state index contributed by atoms with van der Waals surface area (Å²) < 4.78 is 1.94. The largest absolute Gasteiger partial charge is 0.315 e. The van der Waals surface area contributed by atoms with Gasteiger partial charge >= 0.3 is 0 Å². The highest BCUT2D eigenvalue weighted by atomic mass is 15.2. The Morgan fingerprint density at radius 2 is 2.29 bits per heavy atom. The van der Waals surface area contributed by atoms with Gasteiger partial charge < -0.3 is 5.32 Å². The second-order valence-electron chi connectivity index (χ2n) is 3.90. The van der Waals surface area contributed by atoms with E-state index in [4.69, 9.17) is 0 Å². The molecule has 1 saturated heterocycles. The first-order valence-corrected chi connectivity index (χ1v) is 4.97. The van der Waals surface area contributed by atoms with E-state index < -0.39 is 0 Å². The van der Waals surface area contributed by atoms with E-state index in [0.717, 1.165) is 13.1 Å². The predicted molar refractivity (Wildman–Crippen MR) is 56.3 cm³/mol. The maximum absolute atomic E-state index is 4.29. The highest BCUT2D eigenvalue weighted by Gasteiger charge is 2.21.